The predicted molar refractivity (Wildman–Crippen MR) is 70.9 cm³/mol. The molecule has 0 aliphatic carbocycles. The van der Waals surface area contributed by atoms with E-state index in [9.17, 15) is 4.79 Å². The van der Waals surface area contributed by atoms with Gasteiger partial charge in [-0.15, -0.1) is 0 Å². The van der Waals surface area contributed by atoms with Gasteiger partial charge >= 0.3 is 5.97 Å². The van der Waals surface area contributed by atoms with E-state index in [1.165, 1.54) is 6.20 Å². The molecule has 0 bridgehead atoms. The van der Waals surface area contributed by atoms with E-state index in [1.807, 2.05) is 32.0 Å². The quantitative estimate of drug-likeness (QED) is 0.774. The molecule has 1 atom stereocenters. The number of pyridine rings is 1. The molecule has 5 nitrogen and oxygen atoms in total. The van der Waals surface area contributed by atoms with Crippen molar-refractivity contribution in [3.8, 4) is 0 Å². The highest BCUT2D eigenvalue weighted by Crippen LogP contribution is 2.17. The Morgan fingerprint density at radius 1 is 1.47 bits per heavy atom. The largest absolute Gasteiger partial charge is 0.461 e. The van der Waals surface area contributed by atoms with Gasteiger partial charge in [-0.05, 0) is 25.5 Å². The van der Waals surface area contributed by atoms with Crippen LogP contribution in [0.2, 0.25) is 0 Å². The van der Waals surface area contributed by atoms with Crippen molar-refractivity contribution < 1.29 is 9.53 Å². The summed E-state index contributed by atoms with van der Waals surface area (Å²) >= 11 is 0. The Bertz CT molecular complexity index is 537. The van der Waals surface area contributed by atoms with E-state index in [-0.39, 0.29) is 12.0 Å². The van der Waals surface area contributed by atoms with Crippen molar-refractivity contribution in [1.82, 2.24) is 14.5 Å². The number of imidazole rings is 1. The van der Waals surface area contributed by atoms with Gasteiger partial charge in [0.25, 0.3) is 0 Å². The molecule has 0 saturated heterocycles. The standard InChI is InChI=1S/C14H17N3O2/c1-3-8-19-14(18)13-9-15-10-17(13)11(2)12-6-4-5-7-16-12/h4-7,9-11H,3,8H2,1-2H3/t11-/m1/s1. The highest BCUT2D eigenvalue weighted by Gasteiger charge is 2.18. The van der Waals surface area contributed by atoms with Crippen LogP contribution in [0.3, 0.4) is 0 Å². The summed E-state index contributed by atoms with van der Waals surface area (Å²) in [5, 5.41) is 0. The summed E-state index contributed by atoms with van der Waals surface area (Å²) in [4.78, 5) is 20.2. The zero-order chi connectivity index (χ0) is 13.7. The molecule has 0 N–H and O–H groups in total. The Balaban J connectivity index is 2.22. The molecule has 5 heteroatoms. The summed E-state index contributed by atoms with van der Waals surface area (Å²) in [6.45, 7) is 4.35. The van der Waals surface area contributed by atoms with Crippen molar-refractivity contribution in [2.75, 3.05) is 6.61 Å². The first-order chi connectivity index (χ1) is 9.24. The molecule has 2 aromatic rings. The molecule has 2 aromatic heterocycles. The van der Waals surface area contributed by atoms with Crippen LogP contribution in [-0.2, 0) is 4.74 Å². The van der Waals surface area contributed by atoms with Crippen LogP contribution in [0.5, 0.6) is 0 Å². The van der Waals surface area contributed by atoms with Crippen molar-refractivity contribution in [1.29, 1.82) is 0 Å². The molecule has 0 fully saturated rings. The van der Waals surface area contributed by atoms with E-state index in [2.05, 4.69) is 9.97 Å². The highest BCUT2D eigenvalue weighted by atomic mass is 16.5. The number of ether oxygens (including phenoxy) is 1. The summed E-state index contributed by atoms with van der Waals surface area (Å²) in [5.74, 6) is -0.345. The Morgan fingerprint density at radius 3 is 3.00 bits per heavy atom. The smallest absolute Gasteiger partial charge is 0.356 e. The fraction of sp³-hybridized carbons (Fsp3) is 0.357. The maximum atomic E-state index is 11.9. The summed E-state index contributed by atoms with van der Waals surface area (Å²) in [7, 11) is 0. The number of carbonyl (C=O) groups excluding carboxylic acids is 1. The third kappa shape index (κ3) is 2.99. The minimum Gasteiger partial charge on any atom is -0.461 e. The Labute approximate surface area is 112 Å². The lowest BCUT2D eigenvalue weighted by Crippen LogP contribution is -2.16. The number of hydrogen-bond acceptors (Lipinski definition) is 4. The van der Waals surface area contributed by atoms with Crippen molar-refractivity contribution in [3.05, 3.63) is 48.3 Å². The van der Waals surface area contributed by atoms with Gasteiger partial charge in [0.05, 0.1) is 30.9 Å². The molecular formula is C14H17N3O2. The maximum Gasteiger partial charge on any atom is 0.356 e. The van der Waals surface area contributed by atoms with Crippen LogP contribution in [0.15, 0.2) is 36.9 Å². The maximum absolute atomic E-state index is 11.9. The monoisotopic (exact) mass is 259 g/mol. The van der Waals surface area contributed by atoms with Gasteiger partial charge in [-0.2, -0.15) is 0 Å². The van der Waals surface area contributed by atoms with E-state index in [1.54, 1.807) is 17.1 Å². The predicted octanol–water partition coefficient (Wildman–Crippen LogP) is 2.45. The molecular weight excluding hydrogens is 242 g/mol. The molecule has 19 heavy (non-hydrogen) atoms. The highest BCUT2D eigenvalue weighted by molar-refractivity contribution is 5.87. The second-order valence-corrected chi connectivity index (χ2v) is 4.25. The summed E-state index contributed by atoms with van der Waals surface area (Å²) in [6.07, 6.45) is 5.69. The number of rotatable bonds is 5. The van der Waals surface area contributed by atoms with Gasteiger partial charge in [-0.3, -0.25) is 4.98 Å². The van der Waals surface area contributed by atoms with Crippen LogP contribution in [0.25, 0.3) is 0 Å². The van der Waals surface area contributed by atoms with Crippen molar-refractivity contribution >= 4 is 5.97 Å². The van der Waals surface area contributed by atoms with Gasteiger partial charge in [0.2, 0.25) is 0 Å². The number of hydrogen-bond donors (Lipinski definition) is 0. The molecule has 0 aromatic carbocycles. The molecule has 0 aliphatic heterocycles. The van der Waals surface area contributed by atoms with E-state index >= 15 is 0 Å². The zero-order valence-corrected chi connectivity index (χ0v) is 11.1. The number of esters is 1. The molecule has 2 heterocycles. The van der Waals surface area contributed by atoms with E-state index in [4.69, 9.17) is 4.74 Å². The second-order valence-electron chi connectivity index (χ2n) is 4.25. The lowest BCUT2D eigenvalue weighted by atomic mass is 10.2. The Morgan fingerprint density at radius 2 is 2.32 bits per heavy atom. The van der Waals surface area contributed by atoms with Gasteiger partial charge in [-0.1, -0.05) is 13.0 Å². The van der Waals surface area contributed by atoms with Crippen molar-refractivity contribution in [2.24, 2.45) is 0 Å². The van der Waals surface area contributed by atoms with Crippen molar-refractivity contribution in [3.63, 3.8) is 0 Å². The molecule has 0 unspecified atom stereocenters. The lowest BCUT2D eigenvalue weighted by molar-refractivity contribution is 0.0491. The molecule has 0 radical (unpaired) electrons. The summed E-state index contributed by atoms with van der Waals surface area (Å²) in [6, 6.07) is 5.64. The van der Waals surface area contributed by atoms with Crippen LogP contribution in [0.4, 0.5) is 0 Å². The number of nitrogens with zero attached hydrogens (tertiary/aromatic N) is 3. The average Bonchev–Trinajstić information content (AvgIpc) is 2.94. The molecule has 100 valence electrons. The minimum atomic E-state index is -0.345. The average molecular weight is 259 g/mol. The topological polar surface area (TPSA) is 57.0 Å². The number of aromatic nitrogens is 3. The third-order valence-electron chi connectivity index (χ3n) is 2.85. The first kappa shape index (κ1) is 13.3. The SMILES string of the molecule is CCCOC(=O)c1cncn1[C@H](C)c1ccccn1. The summed E-state index contributed by atoms with van der Waals surface area (Å²) in [5.41, 5.74) is 1.33. The summed E-state index contributed by atoms with van der Waals surface area (Å²) < 4.78 is 6.92. The van der Waals surface area contributed by atoms with E-state index in [0.717, 1.165) is 12.1 Å². The van der Waals surface area contributed by atoms with Gasteiger partial charge < -0.3 is 9.30 Å². The fourth-order valence-corrected chi connectivity index (χ4v) is 1.81. The molecule has 0 aliphatic rings. The van der Waals surface area contributed by atoms with Crippen LogP contribution in [0.1, 0.15) is 42.5 Å². The first-order valence-corrected chi connectivity index (χ1v) is 6.34. The lowest BCUT2D eigenvalue weighted by Gasteiger charge is -2.15. The Hall–Kier alpha value is -2.17. The number of carbonyl (C=O) groups is 1. The fourth-order valence-electron chi connectivity index (χ4n) is 1.81. The van der Waals surface area contributed by atoms with Crippen molar-refractivity contribution in [2.45, 2.75) is 26.3 Å². The zero-order valence-electron chi connectivity index (χ0n) is 11.1. The molecule has 2 rings (SSSR count). The van der Waals surface area contributed by atoms with E-state index < -0.39 is 0 Å². The van der Waals surface area contributed by atoms with Gasteiger partial charge in [0, 0.05) is 6.20 Å². The molecule has 0 amide bonds. The van der Waals surface area contributed by atoms with Crippen LogP contribution in [-0.4, -0.2) is 27.1 Å². The Kier molecular flexibility index (Phi) is 4.28. The second kappa shape index (κ2) is 6.13. The van der Waals surface area contributed by atoms with Gasteiger partial charge in [-0.25, -0.2) is 9.78 Å². The molecule has 0 saturated carbocycles. The van der Waals surface area contributed by atoms with Crippen LogP contribution >= 0.6 is 0 Å². The van der Waals surface area contributed by atoms with E-state index in [0.29, 0.717) is 12.3 Å². The van der Waals surface area contributed by atoms with Gasteiger partial charge in [0.15, 0.2) is 0 Å². The molecule has 0 spiro atoms. The van der Waals surface area contributed by atoms with Gasteiger partial charge in [0.1, 0.15) is 5.69 Å². The third-order valence-corrected chi connectivity index (χ3v) is 2.85. The van der Waals surface area contributed by atoms with Crippen LogP contribution in [0, 0.1) is 0 Å². The van der Waals surface area contributed by atoms with Crippen LogP contribution < -0.4 is 0 Å². The normalized spacial score (nSPS) is 12.1. The minimum absolute atomic E-state index is 0.0622. The first-order valence-electron chi connectivity index (χ1n) is 6.34.